The van der Waals surface area contributed by atoms with Gasteiger partial charge in [-0.25, -0.2) is 18.4 Å². The highest BCUT2D eigenvalue weighted by molar-refractivity contribution is 7.92. The van der Waals surface area contributed by atoms with Crippen LogP contribution in [0.5, 0.6) is 0 Å². The molecule has 2 aromatic carbocycles. The molecule has 9 heteroatoms. The summed E-state index contributed by atoms with van der Waals surface area (Å²) in [6, 6.07) is 18.1. The molecular weight excluding hydrogens is 442 g/mol. The van der Waals surface area contributed by atoms with Crippen LogP contribution < -0.4 is 16.4 Å². The van der Waals surface area contributed by atoms with Crippen molar-refractivity contribution < 1.29 is 8.42 Å². The SMILES string of the molecule is Nc1cc(C2(S(=O)(=O)c3ccccc3)CC2)nc(-c2ccc(NC(=S)NC3CC3)cc2)n1. The smallest absolute Gasteiger partial charge is 0.189 e. The highest BCUT2D eigenvalue weighted by atomic mass is 32.2. The van der Waals surface area contributed by atoms with E-state index in [2.05, 4.69) is 20.6 Å². The van der Waals surface area contributed by atoms with Crippen molar-refractivity contribution in [2.45, 2.75) is 41.4 Å². The van der Waals surface area contributed by atoms with Crippen LogP contribution in [-0.4, -0.2) is 29.5 Å². The molecular formula is C23H23N5O2S2. The fourth-order valence-corrected chi connectivity index (χ4v) is 5.98. The van der Waals surface area contributed by atoms with Crippen LogP contribution in [0.3, 0.4) is 0 Å². The van der Waals surface area contributed by atoms with E-state index >= 15 is 0 Å². The minimum absolute atomic E-state index is 0.247. The second-order valence-electron chi connectivity index (χ2n) is 8.26. The molecule has 0 saturated heterocycles. The minimum atomic E-state index is -3.60. The molecule has 0 bridgehead atoms. The van der Waals surface area contributed by atoms with Crippen molar-refractivity contribution in [3.8, 4) is 11.4 Å². The van der Waals surface area contributed by atoms with Gasteiger partial charge in [-0.1, -0.05) is 18.2 Å². The Balaban J connectivity index is 1.42. The normalized spacial score (nSPS) is 16.9. The number of nitrogens with two attached hydrogens (primary N) is 1. The van der Waals surface area contributed by atoms with Crippen molar-refractivity contribution in [2.24, 2.45) is 0 Å². The average molecular weight is 466 g/mol. The van der Waals surface area contributed by atoms with Gasteiger partial charge < -0.3 is 16.4 Å². The van der Waals surface area contributed by atoms with Crippen LogP contribution in [0.1, 0.15) is 31.4 Å². The van der Waals surface area contributed by atoms with Gasteiger partial charge in [0.15, 0.2) is 20.8 Å². The maximum atomic E-state index is 13.4. The van der Waals surface area contributed by atoms with Gasteiger partial charge in [0.05, 0.1) is 10.6 Å². The van der Waals surface area contributed by atoms with Gasteiger partial charge in [0.25, 0.3) is 0 Å². The van der Waals surface area contributed by atoms with Crippen molar-refractivity contribution in [1.82, 2.24) is 15.3 Å². The molecule has 2 aliphatic rings. The molecule has 5 rings (SSSR count). The zero-order valence-electron chi connectivity index (χ0n) is 17.3. The van der Waals surface area contributed by atoms with Crippen LogP contribution in [0.2, 0.25) is 0 Å². The van der Waals surface area contributed by atoms with Crippen LogP contribution in [0.15, 0.2) is 65.6 Å². The lowest BCUT2D eigenvalue weighted by atomic mass is 10.1. The summed E-state index contributed by atoms with van der Waals surface area (Å²) >= 11 is 5.32. The summed E-state index contributed by atoms with van der Waals surface area (Å²) in [7, 11) is -3.60. The summed E-state index contributed by atoms with van der Waals surface area (Å²) < 4.78 is 25.7. The van der Waals surface area contributed by atoms with E-state index in [1.54, 1.807) is 36.4 Å². The fraction of sp³-hybridized carbons (Fsp3) is 0.261. The van der Waals surface area contributed by atoms with Gasteiger partial charge in [-0.05, 0) is 74.3 Å². The van der Waals surface area contributed by atoms with Crippen LogP contribution in [0, 0.1) is 0 Å². The first-order valence-electron chi connectivity index (χ1n) is 10.5. The van der Waals surface area contributed by atoms with E-state index in [4.69, 9.17) is 18.0 Å². The molecule has 2 aliphatic carbocycles. The van der Waals surface area contributed by atoms with Gasteiger partial charge in [-0.15, -0.1) is 0 Å². The molecule has 3 aromatic rings. The number of hydrogen-bond donors (Lipinski definition) is 3. The van der Waals surface area contributed by atoms with Gasteiger partial charge in [0.2, 0.25) is 0 Å². The van der Waals surface area contributed by atoms with Crippen LogP contribution in [0.4, 0.5) is 11.5 Å². The Bertz CT molecular complexity index is 1270. The van der Waals surface area contributed by atoms with Crippen LogP contribution in [0.25, 0.3) is 11.4 Å². The maximum Gasteiger partial charge on any atom is 0.189 e. The second kappa shape index (κ2) is 7.83. The maximum absolute atomic E-state index is 13.4. The number of nitrogens with one attached hydrogen (secondary N) is 2. The first kappa shape index (κ1) is 20.8. The number of rotatable bonds is 6. The number of anilines is 2. The third-order valence-corrected chi connectivity index (χ3v) is 8.56. The van der Waals surface area contributed by atoms with E-state index in [0.717, 1.165) is 24.1 Å². The zero-order valence-corrected chi connectivity index (χ0v) is 18.9. The number of thiocarbonyl (C=S) groups is 1. The lowest BCUT2D eigenvalue weighted by molar-refractivity contribution is 0.578. The van der Waals surface area contributed by atoms with E-state index in [1.807, 2.05) is 24.3 Å². The summed E-state index contributed by atoms with van der Waals surface area (Å²) in [4.78, 5) is 9.28. The molecule has 4 N–H and O–H groups in total. The monoisotopic (exact) mass is 465 g/mol. The van der Waals surface area contributed by atoms with Crippen molar-refractivity contribution >= 4 is 38.7 Å². The third-order valence-electron chi connectivity index (χ3n) is 5.80. The molecule has 32 heavy (non-hydrogen) atoms. The van der Waals surface area contributed by atoms with Gasteiger partial charge in [0.1, 0.15) is 10.6 Å². The Hall–Kier alpha value is -3.04. The fourth-order valence-electron chi connectivity index (χ4n) is 3.71. The Labute approximate surface area is 192 Å². The highest BCUT2D eigenvalue weighted by Crippen LogP contribution is 2.54. The standard InChI is InChI=1S/C23H23N5O2S2/c24-20-14-19(23(12-13-23)32(29,30)18-4-2-1-3-5-18)27-21(28-20)15-6-8-16(9-7-15)25-22(31)26-17-10-11-17/h1-9,14,17H,10-13H2,(H2,24,27,28)(H2,25,26,31). The van der Waals surface area contributed by atoms with Crippen LogP contribution >= 0.6 is 12.2 Å². The number of aromatic nitrogens is 2. The molecule has 2 fully saturated rings. The molecule has 164 valence electrons. The molecule has 0 amide bonds. The molecule has 0 spiro atoms. The van der Waals surface area contributed by atoms with Crippen LogP contribution in [-0.2, 0) is 14.6 Å². The summed E-state index contributed by atoms with van der Waals surface area (Å²) in [5.41, 5.74) is 8.11. The minimum Gasteiger partial charge on any atom is -0.384 e. The summed E-state index contributed by atoms with van der Waals surface area (Å²) in [6.45, 7) is 0. The lowest BCUT2D eigenvalue weighted by Gasteiger charge is -2.17. The van der Waals surface area contributed by atoms with E-state index in [-0.39, 0.29) is 5.82 Å². The quantitative estimate of drug-likeness (QED) is 0.474. The summed E-state index contributed by atoms with van der Waals surface area (Å²) in [6.07, 6.45) is 3.32. The molecule has 2 saturated carbocycles. The number of nitrogen functional groups attached to an aromatic ring is 1. The summed E-state index contributed by atoms with van der Waals surface area (Å²) in [5, 5.41) is 7.00. The van der Waals surface area contributed by atoms with E-state index in [0.29, 0.717) is 40.4 Å². The van der Waals surface area contributed by atoms with E-state index < -0.39 is 14.6 Å². The van der Waals surface area contributed by atoms with E-state index in [9.17, 15) is 8.42 Å². The largest absolute Gasteiger partial charge is 0.384 e. The van der Waals surface area contributed by atoms with Crippen molar-refractivity contribution in [1.29, 1.82) is 0 Å². The Morgan fingerprint density at radius 3 is 2.34 bits per heavy atom. The zero-order chi connectivity index (χ0) is 22.3. The van der Waals surface area contributed by atoms with Gasteiger partial charge in [-0.2, -0.15) is 0 Å². The first-order chi connectivity index (χ1) is 15.4. The molecule has 7 nitrogen and oxygen atoms in total. The summed E-state index contributed by atoms with van der Waals surface area (Å²) in [5.74, 6) is 0.649. The topological polar surface area (TPSA) is 110 Å². The van der Waals surface area contributed by atoms with Crippen molar-refractivity contribution in [3.05, 3.63) is 66.4 Å². The number of sulfone groups is 1. The highest BCUT2D eigenvalue weighted by Gasteiger charge is 2.57. The van der Waals surface area contributed by atoms with Gasteiger partial charge >= 0.3 is 0 Å². The predicted octanol–water partition coefficient (Wildman–Crippen LogP) is 3.64. The Morgan fingerprint density at radius 2 is 1.72 bits per heavy atom. The molecule has 0 aliphatic heterocycles. The predicted molar refractivity (Wildman–Crippen MR) is 129 cm³/mol. The Morgan fingerprint density at radius 1 is 1.03 bits per heavy atom. The first-order valence-corrected chi connectivity index (χ1v) is 12.4. The molecule has 0 atom stereocenters. The third kappa shape index (κ3) is 3.93. The lowest BCUT2D eigenvalue weighted by Crippen LogP contribution is -2.30. The molecule has 0 unspecified atom stereocenters. The number of benzene rings is 2. The second-order valence-corrected chi connectivity index (χ2v) is 10.9. The molecule has 0 radical (unpaired) electrons. The van der Waals surface area contributed by atoms with Crippen molar-refractivity contribution in [2.75, 3.05) is 11.1 Å². The van der Waals surface area contributed by atoms with Gasteiger partial charge in [0, 0.05) is 23.4 Å². The average Bonchev–Trinajstić information content (AvgIpc) is 3.69. The van der Waals surface area contributed by atoms with Crippen molar-refractivity contribution in [3.63, 3.8) is 0 Å². The number of hydrogen-bond acceptors (Lipinski definition) is 6. The van der Waals surface area contributed by atoms with Gasteiger partial charge in [-0.3, -0.25) is 0 Å². The Kier molecular flexibility index (Phi) is 5.10. The molecule has 1 heterocycles. The van der Waals surface area contributed by atoms with E-state index in [1.165, 1.54) is 0 Å². The molecule has 1 aromatic heterocycles. The number of nitrogens with zero attached hydrogens (tertiary/aromatic N) is 2.